The lowest BCUT2D eigenvalue weighted by molar-refractivity contribution is -0.384. The minimum Gasteiger partial charge on any atom is -0.496 e. The van der Waals surface area contributed by atoms with Crippen LogP contribution in [-0.2, 0) is 4.79 Å². The quantitative estimate of drug-likeness (QED) is 0.620. The van der Waals surface area contributed by atoms with Crippen LogP contribution in [0, 0.1) is 10.1 Å². The van der Waals surface area contributed by atoms with Crippen LogP contribution >= 0.6 is 0 Å². The molecule has 7 heteroatoms. The largest absolute Gasteiger partial charge is 0.496 e. The molecule has 7 nitrogen and oxygen atoms in total. The van der Waals surface area contributed by atoms with E-state index >= 15 is 0 Å². The maximum absolute atomic E-state index is 11.7. The molecule has 1 aromatic carbocycles. The van der Waals surface area contributed by atoms with Crippen molar-refractivity contribution < 1.29 is 14.5 Å². The zero-order chi connectivity index (χ0) is 16.0. The van der Waals surface area contributed by atoms with E-state index in [2.05, 4.69) is 10.6 Å². The fourth-order valence-corrected chi connectivity index (χ4v) is 1.73. The second-order valence-electron chi connectivity index (χ2n) is 5.62. The molecule has 2 N–H and O–H groups in total. The van der Waals surface area contributed by atoms with Gasteiger partial charge in [0.2, 0.25) is 5.91 Å². The standard InChI is InChI=1S/C14H21N3O4/c1-14(2,3)16-13(18)7-8-15-11-6-5-10(21-4)9-12(11)17(19)20/h5-6,9,15H,7-8H2,1-4H3,(H,16,18). The first-order valence-electron chi connectivity index (χ1n) is 6.60. The van der Waals surface area contributed by atoms with Crippen LogP contribution in [0.1, 0.15) is 27.2 Å². The van der Waals surface area contributed by atoms with Crippen molar-refractivity contribution in [1.29, 1.82) is 0 Å². The van der Waals surface area contributed by atoms with Crippen molar-refractivity contribution in [3.63, 3.8) is 0 Å². The van der Waals surface area contributed by atoms with Crippen LogP contribution in [0.4, 0.5) is 11.4 Å². The van der Waals surface area contributed by atoms with Crippen molar-refractivity contribution in [1.82, 2.24) is 5.32 Å². The number of ether oxygens (including phenoxy) is 1. The Hall–Kier alpha value is -2.31. The molecule has 0 aliphatic heterocycles. The molecule has 0 heterocycles. The summed E-state index contributed by atoms with van der Waals surface area (Å²) < 4.78 is 4.96. The molecule has 0 atom stereocenters. The van der Waals surface area contributed by atoms with Gasteiger partial charge >= 0.3 is 0 Å². The van der Waals surface area contributed by atoms with Gasteiger partial charge < -0.3 is 15.4 Å². The number of hydrogen-bond acceptors (Lipinski definition) is 5. The van der Waals surface area contributed by atoms with E-state index in [9.17, 15) is 14.9 Å². The molecule has 0 aliphatic rings. The first kappa shape index (κ1) is 16.7. The minimum absolute atomic E-state index is 0.0782. The first-order chi connectivity index (χ1) is 9.73. The molecule has 1 rings (SSSR count). The molecule has 0 saturated heterocycles. The predicted octanol–water partition coefficient (Wildman–Crippen LogP) is 2.32. The number of nitro groups is 1. The topological polar surface area (TPSA) is 93.5 Å². The lowest BCUT2D eigenvalue weighted by Crippen LogP contribution is -2.41. The number of amides is 1. The number of nitrogens with zero attached hydrogens (tertiary/aromatic N) is 1. The summed E-state index contributed by atoms with van der Waals surface area (Å²) in [5.74, 6) is 0.309. The molecule has 0 saturated carbocycles. The van der Waals surface area contributed by atoms with E-state index < -0.39 is 4.92 Å². The van der Waals surface area contributed by atoms with Crippen LogP contribution in [0.25, 0.3) is 0 Å². The molecule has 0 radical (unpaired) electrons. The number of anilines is 1. The van der Waals surface area contributed by atoms with Crippen molar-refractivity contribution in [2.75, 3.05) is 19.0 Å². The third-order valence-electron chi connectivity index (χ3n) is 2.58. The van der Waals surface area contributed by atoms with Gasteiger partial charge in [0.05, 0.1) is 18.1 Å². The molecule has 0 spiro atoms. The zero-order valence-electron chi connectivity index (χ0n) is 12.7. The summed E-state index contributed by atoms with van der Waals surface area (Å²) in [6.45, 7) is 6.00. The molecule has 116 valence electrons. The Kier molecular flexibility index (Phi) is 5.52. The highest BCUT2D eigenvalue weighted by molar-refractivity contribution is 5.77. The van der Waals surface area contributed by atoms with Crippen molar-refractivity contribution in [2.24, 2.45) is 0 Å². The Labute approximate surface area is 123 Å². The molecule has 1 amide bonds. The summed E-state index contributed by atoms with van der Waals surface area (Å²) in [5.41, 5.74) is -0.00152. The zero-order valence-corrected chi connectivity index (χ0v) is 12.7. The van der Waals surface area contributed by atoms with Crippen LogP contribution in [0.5, 0.6) is 5.75 Å². The van der Waals surface area contributed by atoms with Gasteiger partial charge in [0.15, 0.2) is 0 Å². The molecule has 0 aromatic heterocycles. The van der Waals surface area contributed by atoms with E-state index in [1.54, 1.807) is 12.1 Å². The monoisotopic (exact) mass is 295 g/mol. The summed E-state index contributed by atoms with van der Waals surface area (Å²) >= 11 is 0. The highest BCUT2D eigenvalue weighted by Crippen LogP contribution is 2.28. The van der Waals surface area contributed by atoms with Crippen LogP contribution in [0.15, 0.2) is 18.2 Å². The molecule has 21 heavy (non-hydrogen) atoms. The van der Waals surface area contributed by atoms with Gasteiger partial charge in [0, 0.05) is 18.5 Å². The van der Waals surface area contributed by atoms with E-state index in [0.717, 1.165) is 0 Å². The Morgan fingerprint density at radius 3 is 2.57 bits per heavy atom. The first-order valence-corrected chi connectivity index (χ1v) is 6.60. The number of benzene rings is 1. The molecule has 0 unspecified atom stereocenters. The number of carbonyl (C=O) groups excluding carboxylic acids is 1. The fourth-order valence-electron chi connectivity index (χ4n) is 1.73. The number of rotatable bonds is 6. The lowest BCUT2D eigenvalue weighted by atomic mass is 10.1. The molecule has 0 aliphatic carbocycles. The Morgan fingerprint density at radius 2 is 2.05 bits per heavy atom. The molecule has 1 aromatic rings. The Balaban J connectivity index is 2.63. The number of carbonyl (C=O) groups is 1. The third kappa shape index (κ3) is 5.68. The van der Waals surface area contributed by atoms with Gasteiger partial charge in [-0.1, -0.05) is 0 Å². The highest BCUT2D eigenvalue weighted by atomic mass is 16.6. The van der Waals surface area contributed by atoms with E-state index in [4.69, 9.17) is 4.74 Å². The summed E-state index contributed by atoms with van der Waals surface area (Å²) in [7, 11) is 1.45. The Bertz CT molecular complexity index is 523. The lowest BCUT2D eigenvalue weighted by Gasteiger charge is -2.20. The van der Waals surface area contributed by atoms with Crippen LogP contribution < -0.4 is 15.4 Å². The number of nitro benzene ring substituents is 1. The van der Waals surface area contributed by atoms with Gasteiger partial charge in [-0.2, -0.15) is 0 Å². The third-order valence-corrected chi connectivity index (χ3v) is 2.58. The van der Waals surface area contributed by atoms with Gasteiger partial charge in [-0.05, 0) is 32.9 Å². The van der Waals surface area contributed by atoms with Crippen molar-refractivity contribution in [3.8, 4) is 5.75 Å². The molecular formula is C14H21N3O4. The SMILES string of the molecule is COc1ccc(NCCC(=O)NC(C)(C)C)c([N+](=O)[O-])c1. The van der Waals surface area contributed by atoms with Crippen molar-refractivity contribution in [3.05, 3.63) is 28.3 Å². The second kappa shape index (κ2) is 6.92. The van der Waals surface area contributed by atoms with E-state index in [1.807, 2.05) is 20.8 Å². The predicted molar refractivity (Wildman–Crippen MR) is 80.7 cm³/mol. The molecule has 0 fully saturated rings. The Morgan fingerprint density at radius 1 is 1.38 bits per heavy atom. The van der Waals surface area contributed by atoms with Crippen LogP contribution in [0.3, 0.4) is 0 Å². The van der Waals surface area contributed by atoms with E-state index in [0.29, 0.717) is 18.0 Å². The van der Waals surface area contributed by atoms with Crippen LogP contribution in [-0.4, -0.2) is 30.0 Å². The summed E-state index contributed by atoms with van der Waals surface area (Å²) in [4.78, 5) is 22.2. The summed E-state index contributed by atoms with van der Waals surface area (Å²) in [5, 5.41) is 16.7. The average Bonchev–Trinajstić information content (AvgIpc) is 2.36. The average molecular weight is 295 g/mol. The van der Waals surface area contributed by atoms with Gasteiger partial charge in [-0.15, -0.1) is 0 Å². The second-order valence-corrected chi connectivity index (χ2v) is 5.62. The molecular weight excluding hydrogens is 274 g/mol. The maximum atomic E-state index is 11.7. The number of hydrogen-bond donors (Lipinski definition) is 2. The maximum Gasteiger partial charge on any atom is 0.296 e. The van der Waals surface area contributed by atoms with Crippen LogP contribution in [0.2, 0.25) is 0 Å². The van der Waals surface area contributed by atoms with Crippen molar-refractivity contribution in [2.45, 2.75) is 32.7 Å². The number of methoxy groups -OCH3 is 1. The van der Waals surface area contributed by atoms with Gasteiger partial charge in [-0.25, -0.2) is 0 Å². The normalized spacial score (nSPS) is 10.9. The van der Waals surface area contributed by atoms with Gasteiger partial charge in [0.25, 0.3) is 5.69 Å². The van der Waals surface area contributed by atoms with Gasteiger partial charge in [-0.3, -0.25) is 14.9 Å². The highest BCUT2D eigenvalue weighted by Gasteiger charge is 2.16. The van der Waals surface area contributed by atoms with E-state index in [1.165, 1.54) is 13.2 Å². The van der Waals surface area contributed by atoms with Crippen molar-refractivity contribution >= 4 is 17.3 Å². The smallest absolute Gasteiger partial charge is 0.296 e. The molecule has 0 bridgehead atoms. The number of nitrogens with one attached hydrogen (secondary N) is 2. The van der Waals surface area contributed by atoms with Gasteiger partial charge in [0.1, 0.15) is 11.4 Å². The minimum atomic E-state index is -0.486. The summed E-state index contributed by atoms with van der Waals surface area (Å²) in [6.07, 6.45) is 0.237. The van der Waals surface area contributed by atoms with E-state index in [-0.39, 0.29) is 23.6 Å². The fraction of sp³-hybridized carbons (Fsp3) is 0.500. The summed E-state index contributed by atoms with van der Waals surface area (Å²) in [6, 6.07) is 4.54.